The van der Waals surface area contributed by atoms with Crippen LogP contribution in [0.25, 0.3) is 0 Å². The van der Waals surface area contributed by atoms with Crippen LogP contribution in [0.3, 0.4) is 0 Å². The molecule has 0 N–H and O–H groups in total. The van der Waals surface area contributed by atoms with Crippen molar-refractivity contribution in [3.63, 3.8) is 0 Å². The lowest BCUT2D eigenvalue weighted by Gasteiger charge is -2.13. The summed E-state index contributed by atoms with van der Waals surface area (Å²) in [4.78, 5) is 20.7. The van der Waals surface area contributed by atoms with Crippen LogP contribution in [0, 0.1) is 10.1 Å². The van der Waals surface area contributed by atoms with Gasteiger partial charge in [-0.3, -0.25) is 10.1 Å². The van der Waals surface area contributed by atoms with Crippen molar-refractivity contribution in [2.24, 2.45) is 0 Å². The van der Waals surface area contributed by atoms with Crippen LogP contribution in [0.5, 0.6) is 0 Å². The van der Waals surface area contributed by atoms with Gasteiger partial charge in [0.15, 0.2) is 0 Å². The van der Waals surface area contributed by atoms with Gasteiger partial charge in [0.2, 0.25) is 0 Å². The fourth-order valence-corrected chi connectivity index (χ4v) is 0.446. The minimum Gasteiger partial charge on any atom is -0.460 e. The highest BCUT2D eigenvalue weighted by Crippen LogP contribution is 2.09. The summed E-state index contributed by atoms with van der Waals surface area (Å²) >= 11 is 0. The molecule has 70 valence electrons. The molecule has 0 aliphatic heterocycles. The average Bonchev–Trinajstić information content (AvgIpc) is 1.99. The van der Waals surface area contributed by atoms with E-state index in [2.05, 4.69) is 4.74 Å². The number of hydrogen-bond donors (Lipinski definition) is 0. The van der Waals surface area contributed by atoms with Gasteiger partial charge < -0.3 is 4.74 Å². The van der Waals surface area contributed by atoms with Crippen LogP contribution in [-0.4, -0.2) is 23.0 Å². The lowest BCUT2D eigenvalue weighted by molar-refractivity contribution is -0.546. The number of ether oxygens (including phenoxy) is 1. The normalized spacial score (nSPS) is 10.9. The number of hydrogen-bond acceptors (Lipinski definition) is 4. The second-order valence-corrected chi connectivity index (χ2v) is 2.95. The van der Waals surface area contributed by atoms with Gasteiger partial charge in [-0.05, 0) is 6.42 Å². The molecule has 0 spiro atoms. The zero-order chi connectivity index (χ0) is 9.78. The van der Waals surface area contributed by atoms with Gasteiger partial charge in [-0.25, -0.2) is 4.79 Å². The second kappa shape index (κ2) is 4.04. The van der Waals surface area contributed by atoms with E-state index < -0.39 is 16.4 Å². The Labute approximate surface area is 70.9 Å². The standard InChI is InChI=1S/C7H13NO4/c1-4-5-12-6(9)7(2,3)8(10)11/h4-5H2,1-3H3. The van der Waals surface area contributed by atoms with Crippen LogP contribution < -0.4 is 0 Å². The first-order valence-corrected chi connectivity index (χ1v) is 3.74. The minimum absolute atomic E-state index is 0.232. The fraction of sp³-hybridized carbons (Fsp3) is 0.857. The summed E-state index contributed by atoms with van der Waals surface area (Å²) < 4.78 is 4.64. The number of nitro groups is 1. The molecule has 0 aliphatic rings. The first-order valence-electron chi connectivity index (χ1n) is 3.74. The molecule has 0 aliphatic carbocycles. The molecular weight excluding hydrogens is 162 g/mol. The molecule has 0 radical (unpaired) electrons. The molecule has 0 unspecified atom stereocenters. The van der Waals surface area contributed by atoms with Crippen LogP contribution in [0.4, 0.5) is 0 Å². The first-order chi connectivity index (χ1) is 5.42. The molecule has 5 heteroatoms. The molecule has 0 amide bonds. The van der Waals surface area contributed by atoms with E-state index in [1.165, 1.54) is 13.8 Å². The molecular formula is C7H13NO4. The van der Waals surface area contributed by atoms with Crippen molar-refractivity contribution in [3.05, 3.63) is 10.1 Å². The van der Waals surface area contributed by atoms with Gasteiger partial charge in [0.05, 0.1) is 6.61 Å². The number of rotatable bonds is 4. The maximum Gasteiger partial charge on any atom is 0.384 e. The van der Waals surface area contributed by atoms with Gasteiger partial charge >= 0.3 is 11.5 Å². The summed E-state index contributed by atoms with van der Waals surface area (Å²) in [5.41, 5.74) is -1.63. The third-order valence-electron chi connectivity index (χ3n) is 1.39. The van der Waals surface area contributed by atoms with Crippen molar-refractivity contribution in [2.45, 2.75) is 32.7 Å². The van der Waals surface area contributed by atoms with Crippen molar-refractivity contribution in [3.8, 4) is 0 Å². The third-order valence-corrected chi connectivity index (χ3v) is 1.39. The fourth-order valence-electron chi connectivity index (χ4n) is 0.446. The molecule has 0 aromatic heterocycles. The predicted octanol–water partition coefficient (Wildman–Crippen LogP) is 0.995. The smallest absolute Gasteiger partial charge is 0.384 e. The Morgan fingerprint density at radius 2 is 2.08 bits per heavy atom. The van der Waals surface area contributed by atoms with E-state index in [1.54, 1.807) is 0 Å². The highest BCUT2D eigenvalue weighted by molar-refractivity contribution is 5.78. The van der Waals surface area contributed by atoms with E-state index in [0.717, 1.165) is 0 Å². The monoisotopic (exact) mass is 175 g/mol. The van der Waals surface area contributed by atoms with E-state index in [4.69, 9.17) is 0 Å². The van der Waals surface area contributed by atoms with Crippen LogP contribution in [0.2, 0.25) is 0 Å². The van der Waals surface area contributed by atoms with Crippen molar-refractivity contribution in [2.75, 3.05) is 6.61 Å². The molecule has 0 rings (SSSR count). The Morgan fingerprint density at radius 3 is 2.42 bits per heavy atom. The van der Waals surface area contributed by atoms with E-state index in [0.29, 0.717) is 6.42 Å². The molecule has 0 saturated carbocycles. The van der Waals surface area contributed by atoms with Crippen molar-refractivity contribution in [1.29, 1.82) is 0 Å². The summed E-state index contributed by atoms with van der Waals surface area (Å²) in [6.07, 6.45) is 0.666. The maximum atomic E-state index is 11.0. The van der Waals surface area contributed by atoms with Crippen molar-refractivity contribution in [1.82, 2.24) is 0 Å². The molecule has 5 nitrogen and oxygen atoms in total. The molecule has 0 fully saturated rings. The lowest BCUT2D eigenvalue weighted by atomic mass is 10.1. The molecule has 0 aromatic carbocycles. The summed E-state index contributed by atoms with van der Waals surface area (Å²) in [6, 6.07) is 0. The van der Waals surface area contributed by atoms with Gasteiger partial charge in [-0.1, -0.05) is 6.92 Å². The van der Waals surface area contributed by atoms with Gasteiger partial charge in [0.25, 0.3) is 0 Å². The molecule has 0 saturated heterocycles. The molecule has 0 atom stereocenters. The van der Waals surface area contributed by atoms with Crippen LogP contribution in [0.15, 0.2) is 0 Å². The number of nitrogens with zero attached hydrogens (tertiary/aromatic N) is 1. The Bertz CT molecular complexity index is 188. The van der Waals surface area contributed by atoms with Gasteiger partial charge in [0, 0.05) is 18.8 Å². The highest BCUT2D eigenvalue weighted by Gasteiger charge is 2.41. The summed E-state index contributed by atoms with van der Waals surface area (Å²) in [7, 11) is 0. The van der Waals surface area contributed by atoms with E-state index >= 15 is 0 Å². The Hall–Kier alpha value is -1.13. The molecule has 12 heavy (non-hydrogen) atoms. The molecule has 0 bridgehead atoms. The SMILES string of the molecule is CCCOC(=O)C(C)(C)[N+](=O)[O-]. The van der Waals surface area contributed by atoms with E-state index in [-0.39, 0.29) is 6.61 Å². The van der Waals surface area contributed by atoms with Gasteiger partial charge in [-0.15, -0.1) is 0 Å². The van der Waals surface area contributed by atoms with Crippen molar-refractivity contribution >= 4 is 5.97 Å². The van der Waals surface area contributed by atoms with Crippen LogP contribution in [-0.2, 0) is 9.53 Å². The van der Waals surface area contributed by atoms with Crippen molar-refractivity contribution < 1.29 is 14.5 Å². The summed E-state index contributed by atoms with van der Waals surface area (Å²) in [5, 5.41) is 10.3. The Kier molecular flexibility index (Phi) is 3.66. The first kappa shape index (κ1) is 10.9. The Morgan fingerprint density at radius 1 is 1.58 bits per heavy atom. The largest absolute Gasteiger partial charge is 0.460 e. The predicted molar refractivity (Wildman–Crippen MR) is 42.3 cm³/mol. The summed E-state index contributed by atoms with van der Waals surface area (Å²) in [5.74, 6) is -0.783. The highest BCUT2D eigenvalue weighted by atomic mass is 16.6. The topological polar surface area (TPSA) is 69.4 Å². The number of carbonyl (C=O) groups excluding carboxylic acids is 1. The Balaban J connectivity index is 4.16. The quantitative estimate of drug-likeness (QED) is 0.363. The van der Waals surface area contributed by atoms with Crippen LogP contribution >= 0.6 is 0 Å². The van der Waals surface area contributed by atoms with Gasteiger partial charge in [-0.2, -0.15) is 0 Å². The second-order valence-electron chi connectivity index (χ2n) is 2.95. The average molecular weight is 175 g/mol. The summed E-state index contributed by atoms with van der Waals surface area (Å²) in [6.45, 7) is 4.51. The molecule has 0 heterocycles. The lowest BCUT2D eigenvalue weighted by Crippen LogP contribution is -2.41. The van der Waals surface area contributed by atoms with Crippen LogP contribution in [0.1, 0.15) is 27.2 Å². The third kappa shape index (κ3) is 2.48. The zero-order valence-corrected chi connectivity index (χ0v) is 7.49. The molecule has 0 aromatic rings. The van der Waals surface area contributed by atoms with Gasteiger partial charge in [0.1, 0.15) is 0 Å². The van der Waals surface area contributed by atoms with E-state index in [9.17, 15) is 14.9 Å². The number of esters is 1. The maximum absolute atomic E-state index is 11.0. The minimum atomic E-state index is -1.63. The number of carbonyl (C=O) groups is 1. The zero-order valence-electron chi connectivity index (χ0n) is 7.49. The van der Waals surface area contributed by atoms with E-state index in [1.807, 2.05) is 6.92 Å².